The SMILES string of the molecule is CCCS(=O)(=O)c1cccc(CC(C)CCN)c1. The van der Waals surface area contributed by atoms with Crippen molar-refractivity contribution >= 4 is 9.84 Å². The molecule has 0 saturated carbocycles. The normalized spacial score (nSPS) is 13.5. The highest BCUT2D eigenvalue weighted by Gasteiger charge is 2.13. The summed E-state index contributed by atoms with van der Waals surface area (Å²) in [7, 11) is -3.11. The van der Waals surface area contributed by atoms with E-state index in [1.54, 1.807) is 12.1 Å². The fourth-order valence-electron chi connectivity index (χ4n) is 2.04. The molecule has 0 aliphatic carbocycles. The van der Waals surface area contributed by atoms with Crippen molar-refractivity contribution in [3.8, 4) is 0 Å². The quantitative estimate of drug-likeness (QED) is 0.827. The van der Waals surface area contributed by atoms with Gasteiger partial charge in [-0.2, -0.15) is 0 Å². The van der Waals surface area contributed by atoms with Gasteiger partial charge in [-0.1, -0.05) is 26.0 Å². The Labute approximate surface area is 110 Å². The maximum absolute atomic E-state index is 12.0. The molecule has 0 bridgehead atoms. The average Bonchev–Trinajstić information content (AvgIpc) is 2.29. The molecule has 0 aromatic heterocycles. The summed E-state index contributed by atoms with van der Waals surface area (Å²) in [5.74, 6) is 0.702. The highest BCUT2D eigenvalue weighted by molar-refractivity contribution is 7.91. The number of hydrogen-bond acceptors (Lipinski definition) is 3. The Morgan fingerprint density at radius 2 is 2.06 bits per heavy atom. The summed E-state index contributed by atoms with van der Waals surface area (Å²) >= 11 is 0. The van der Waals surface area contributed by atoms with Crippen molar-refractivity contribution in [2.45, 2.75) is 38.0 Å². The van der Waals surface area contributed by atoms with Crippen LogP contribution in [0.3, 0.4) is 0 Å². The monoisotopic (exact) mass is 269 g/mol. The first-order valence-electron chi connectivity index (χ1n) is 6.51. The summed E-state index contributed by atoms with van der Waals surface area (Å²) in [5, 5.41) is 0. The van der Waals surface area contributed by atoms with Crippen LogP contribution < -0.4 is 5.73 Å². The highest BCUT2D eigenvalue weighted by Crippen LogP contribution is 2.17. The smallest absolute Gasteiger partial charge is 0.178 e. The lowest BCUT2D eigenvalue weighted by molar-refractivity contribution is 0.537. The van der Waals surface area contributed by atoms with Crippen LogP contribution in [0, 0.1) is 5.92 Å². The fourth-order valence-corrected chi connectivity index (χ4v) is 3.43. The molecule has 0 radical (unpaired) electrons. The van der Waals surface area contributed by atoms with E-state index in [0.29, 0.717) is 23.8 Å². The van der Waals surface area contributed by atoms with Crippen LogP contribution in [0.4, 0.5) is 0 Å². The van der Waals surface area contributed by atoms with E-state index in [1.807, 2.05) is 19.1 Å². The zero-order valence-electron chi connectivity index (χ0n) is 11.2. The summed E-state index contributed by atoms with van der Waals surface area (Å²) in [4.78, 5) is 0.446. The van der Waals surface area contributed by atoms with E-state index in [1.165, 1.54) is 0 Å². The summed E-state index contributed by atoms with van der Waals surface area (Å²) in [6.07, 6.45) is 2.49. The van der Waals surface area contributed by atoms with E-state index in [0.717, 1.165) is 18.4 Å². The molecule has 1 unspecified atom stereocenters. The predicted molar refractivity (Wildman–Crippen MR) is 75.3 cm³/mol. The van der Waals surface area contributed by atoms with Crippen molar-refractivity contribution in [3.05, 3.63) is 29.8 Å². The Morgan fingerprint density at radius 3 is 2.67 bits per heavy atom. The number of rotatable bonds is 7. The van der Waals surface area contributed by atoms with E-state index in [2.05, 4.69) is 6.92 Å². The zero-order chi connectivity index (χ0) is 13.6. The molecule has 1 aromatic rings. The first-order valence-corrected chi connectivity index (χ1v) is 8.16. The topological polar surface area (TPSA) is 60.2 Å². The van der Waals surface area contributed by atoms with Crippen LogP contribution >= 0.6 is 0 Å². The van der Waals surface area contributed by atoms with Gasteiger partial charge in [0.05, 0.1) is 10.6 Å². The van der Waals surface area contributed by atoms with Gasteiger partial charge in [0.25, 0.3) is 0 Å². The van der Waals surface area contributed by atoms with Gasteiger partial charge in [-0.3, -0.25) is 0 Å². The van der Waals surface area contributed by atoms with E-state index in [9.17, 15) is 8.42 Å². The minimum absolute atomic E-state index is 0.217. The number of benzene rings is 1. The van der Waals surface area contributed by atoms with Crippen molar-refractivity contribution in [2.75, 3.05) is 12.3 Å². The molecular weight excluding hydrogens is 246 g/mol. The molecule has 0 heterocycles. The van der Waals surface area contributed by atoms with E-state index >= 15 is 0 Å². The van der Waals surface area contributed by atoms with Gasteiger partial charge in [0, 0.05) is 0 Å². The Balaban J connectivity index is 2.86. The molecule has 0 aliphatic rings. The molecule has 4 heteroatoms. The second kappa shape index (κ2) is 6.90. The van der Waals surface area contributed by atoms with E-state index in [4.69, 9.17) is 5.73 Å². The minimum atomic E-state index is -3.11. The third-order valence-corrected chi connectivity index (χ3v) is 4.89. The second-order valence-corrected chi connectivity index (χ2v) is 6.96. The molecule has 102 valence electrons. The van der Waals surface area contributed by atoms with Crippen molar-refractivity contribution in [3.63, 3.8) is 0 Å². The van der Waals surface area contributed by atoms with Crippen LogP contribution in [0.1, 0.15) is 32.3 Å². The Hall–Kier alpha value is -0.870. The van der Waals surface area contributed by atoms with Crippen LogP contribution in [0.5, 0.6) is 0 Å². The van der Waals surface area contributed by atoms with E-state index < -0.39 is 9.84 Å². The number of sulfone groups is 1. The minimum Gasteiger partial charge on any atom is -0.330 e. The molecule has 0 aliphatic heterocycles. The van der Waals surface area contributed by atoms with Gasteiger partial charge in [-0.05, 0) is 49.4 Å². The Bertz CT molecular complexity index is 468. The molecule has 0 saturated heterocycles. The van der Waals surface area contributed by atoms with Gasteiger partial charge in [0.15, 0.2) is 9.84 Å². The first kappa shape index (κ1) is 15.2. The summed E-state index contributed by atoms with van der Waals surface area (Å²) in [6, 6.07) is 7.30. The molecule has 0 amide bonds. The Kier molecular flexibility index (Phi) is 5.82. The van der Waals surface area contributed by atoms with Crippen LogP contribution in [-0.2, 0) is 16.3 Å². The van der Waals surface area contributed by atoms with Crippen LogP contribution in [0.15, 0.2) is 29.2 Å². The van der Waals surface area contributed by atoms with Gasteiger partial charge in [0.1, 0.15) is 0 Å². The zero-order valence-corrected chi connectivity index (χ0v) is 12.0. The van der Waals surface area contributed by atoms with Gasteiger partial charge < -0.3 is 5.73 Å². The number of nitrogens with two attached hydrogens (primary N) is 1. The lowest BCUT2D eigenvalue weighted by Gasteiger charge is -2.11. The third-order valence-electron chi connectivity index (χ3n) is 2.97. The average molecular weight is 269 g/mol. The first-order chi connectivity index (χ1) is 8.49. The molecule has 3 nitrogen and oxygen atoms in total. The molecule has 1 atom stereocenters. The standard InChI is InChI=1S/C14H23NO2S/c1-3-9-18(16,17)14-6-4-5-13(11-14)10-12(2)7-8-15/h4-6,11-12H,3,7-10,15H2,1-2H3. The molecular formula is C14H23NO2S. The summed E-state index contributed by atoms with van der Waals surface area (Å²) < 4.78 is 24.0. The van der Waals surface area contributed by atoms with Crippen molar-refractivity contribution in [1.82, 2.24) is 0 Å². The maximum atomic E-state index is 12.0. The maximum Gasteiger partial charge on any atom is 0.178 e. The Morgan fingerprint density at radius 1 is 1.33 bits per heavy atom. The molecule has 18 heavy (non-hydrogen) atoms. The second-order valence-electron chi connectivity index (χ2n) is 4.85. The van der Waals surface area contributed by atoms with Crippen molar-refractivity contribution in [2.24, 2.45) is 11.7 Å². The lowest BCUT2D eigenvalue weighted by atomic mass is 9.98. The largest absolute Gasteiger partial charge is 0.330 e. The van der Waals surface area contributed by atoms with E-state index in [-0.39, 0.29) is 5.75 Å². The fraction of sp³-hybridized carbons (Fsp3) is 0.571. The molecule has 1 aromatic carbocycles. The molecule has 1 rings (SSSR count). The van der Waals surface area contributed by atoms with Crippen LogP contribution in [0.25, 0.3) is 0 Å². The molecule has 2 N–H and O–H groups in total. The third kappa shape index (κ3) is 4.42. The molecule has 0 spiro atoms. The predicted octanol–water partition coefficient (Wildman–Crippen LogP) is 2.40. The van der Waals surface area contributed by atoms with Gasteiger partial charge in [-0.25, -0.2) is 8.42 Å². The lowest BCUT2D eigenvalue weighted by Crippen LogP contribution is -2.09. The number of hydrogen-bond donors (Lipinski definition) is 1. The van der Waals surface area contributed by atoms with Gasteiger partial charge in [0.2, 0.25) is 0 Å². The summed E-state index contributed by atoms with van der Waals surface area (Å²) in [5.41, 5.74) is 6.60. The highest BCUT2D eigenvalue weighted by atomic mass is 32.2. The van der Waals surface area contributed by atoms with Gasteiger partial charge >= 0.3 is 0 Å². The van der Waals surface area contributed by atoms with Crippen molar-refractivity contribution in [1.29, 1.82) is 0 Å². The van der Waals surface area contributed by atoms with Crippen LogP contribution in [0.2, 0.25) is 0 Å². The van der Waals surface area contributed by atoms with Gasteiger partial charge in [-0.15, -0.1) is 0 Å². The molecule has 0 fully saturated rings. The summed E-state index contributed by atoms with van der Waals surface area (Å²) in [6.45, 7) is 4.69. The van der Waals surface area contributed by atoms with Crippen LogP contribution in [-0.4, -0.2) is 20.7 Å². The van der Waals surface area contributed by atoms with Crippen molar-refractivity contribution < 1.29 is 8.42 Å².